The van der Waals surface area contributed by atoms with Crippen molar-refractivity contribution in [3.05, 3.63) is 34.6 Å². The molecule has 0 radical (unpaired) electrons. The fourth-order valence-electron chi connectivity index (χ4n) is 2.39. The van der Waals surface area contributed by atoms with E-state index in [-0.39, 0.29) is 11.6 Å². The summed E-state index contributed by atoms with van der Waals surface area (Å²) in [7, 11) is 0. The molecule has 6 heteroatoms. The zero-order valence-corrected chi connectivity index (χ0v) is 13.4. The standard InChI is InChI=1S/C16H21ClN2O3/c1-11(22-16(21)14-9-13(17)10-19-14)15(20)18-8-7-12-5-3-2-4-6-12/h5,9-11,19H,2-4,6-8H2,1H3,(H,18,20). The fourth-order valence-corrected chi connectivity index (χ4v) is 2.55. The minimum atomic E-state index is -0.838. The second-order valence-electron chi connectivity index (χ2n) is 5.43. The third-order valence-corrected chi connectivity index (χ3v) is 3.87. The van der Waals surface area contributed by atoms with Gasteiger partial charge in [0.1, 0.15) is 5.69 Å². The molecule has 0 saturated heterocycles. The van der Waals surface area contributed by atoms with Crippen LogP contribution in [0.3, 0.4) is 0 Å². The number of carbonyl (C=O) groups is 2. The Balaban J connectivity index is 1.72. The highest BCUT2D eigenvalue weighted by Gasteiger charge is 2.19. The van der Waals surface area contributed by atoms with Gasteiger partial charge in [0.15, 0.2) is 6.10 Å². The van der Waals surface area contributed by atoms with Crippen LogP contribution in [0.15, 0.2) is 23.9 Å². The van der Waals surface area contributed by atoms with Crippen molar-refractivity contribution in [1.29, 1.82) is 0 Å². The molecule has 0 fully saturated rings. The van der Waals surface area contributed by atoms with Crippen LogP contribution in [0.1, 0.15) is 49.5 Å². The van der Waals surface area contributed by atoms with Crippen LogP contribution in [0.5, 0.6) is 0 Å². The second-order valence-corrected chi connectivity index (χ2v) is 5.86. The van der Waals surface area contributed by atoms with Crippen molar-refractivity contribution < 1.29 is 14.3 Å². The van der Waals surface area contributed by atoms with Gasteiger partial charge in [-0.3, -0.25) is 4.79 Å². The quantitative estimate of drug-likeness (QED) is 0.623. The molecule has 1 aliphatic rings. The van der Waals surface area contributed by atoms with Gasteiger partial charge in [0.05, 0.1) is 5.02 Å². The maximum Gasteiger partial charge on any atom is 0.355 e. The molecule has 22 heavy (non-hydrogen) atoms. The molecule has 0 aromatic carbocycles. The van der Waals surface area contributed by atoms with Crippen LogP contribution >= 0.6 is 11.6 Å². The number of nitrogens with one attached hydrogen (secondary N) is 2. The Morgan fingerprint density at radius 3 is 2.91 bits per heavy atom. The van der Waals surface area contributed by atoms with Crippen molar-refractivity contribution in [2.75, 3.05) is 6.54 Å². The van der Waals surface area contributed by atoms with Crippen LogP contribution in [-0.4, -0.2) is 29.5 Å². The Kier molecular flexibility index (Phi) is 6.07. The number of rotatable bonds is 6. The van der Waals surface area contributed by atoms with Gasteiger partial charge in [-0.25, -0.2) is 4.79 Å². The molecule has 1 atom stereocenters. The summed E-state index contributed by atoms with van der Waals surface area (Å²) in [4.78, 5) is 26.4. The summed E-state index contributed by atoms with van der Waals surface area (Å²) >= 11 is 5.72. The number of hydrogen-bond acceptors (Lipinski definition) is 3. The van der Waals surface area contributed by atoms with Gasteiger partial charge in [-0.05, 0) is 45.1 Å². The number of amides is 1. The lowest BCUT2D eigenvalue weighted by atomic mass is 9.97. The molecular weight excluding hydrogens is 304 g/mol. The number of ether oxygens (including phenoxy) is 1. The summed E-state index contributed by atoms with van der Waals surface area (Å²) in [6.45, 7) is 2.12. The van der Waals surface area contributed by atoms with Gasteiger partial charge in [-0.15, -0.1) is 0 Å². The Labute approximate surface area is 135 Å². The minimum Gasteiger partial charge on any atom is -0.448 e. The number of esters is 1. The smallest absolute Gasteiger partial charge is 0.355 e. The summed E-state index contributed by atoms with van der Waals surface area (Å²) in [5.41, 5.74) is 1.63. The first-order valence-electron chi connectivity index (χ1n) is 7.57. The first-order chi connectivity index (χ1) is 10.6. The van der Waals surface area contributed by atoms with Crippen molar-refractivity contribution in [3.63, 3.8) is 0 Å². The molecule has 1 aromatic rings. The molecule has 1 heterocycles. The molecule has 1 unspecified atom stereocenters. The van der Waals surface area contributed by atoms with Gasteiger partial charge in [0.25, 0.3) is 5.91 Å². The minimum absolute atomic E-state index is 0.233. The highest BCUT2D eigenvalue weighted by atomic mass is 35.5. The van der Waals surface area contributed by atoms with E-state index < -0.39 is 12.1 Å². The summed E-state index contributed by atoms with van der Waals surface area (Å²) in [6.07, 6.45) is 8.50. The predicted molar refractivity (Wildman–Crippen MR) is 84.9 cm³/mol. The Morgan fingerprint density at radius 1 is 1.45 bits per heavy atom. The lowest BCUT2D eigenvalue weighted by molar-refractivity contribution is -0.129. The normalized spacial score (nSPS) is 15.8. The molecule has 2 N–H and O–H groups in total. The Hall–Kier alpha value is -1.75. The average Bonchev–Trinajstić information content (AvgIpc) is 2.95. The SMILES string of the molecule is CC(OC(=O)c1cc(Cl)c[nH]1)C(=O)NCCC1=CCCCC1. The van der Waals surface area contributed by atoms with Crippen molar-refractivity contribution in [2.45, 2.75) is 45.1 Å². The number of aromatic amines is 1. The van der Waals surface area contributed by atoms with E-state index in [1.165, 1.54) is 30.7 Å². The van der Waals surface area contributed by atoms with E-state index in [9.17, 15) is 9.59 Å². The van der Waals surface area contributed by atoms with Crippen molar-refractivity contribution >= 4 is 23.5 Å². The number of H-pyrrole nitrogens is 1. The molecule has 0 spiro atoms. The number of hydrogen-bond donors (Lipinski definition) is 2. The highest BCUT2D eigenvalue weighted by molar-refractivity contribution is 6.30. The zero-order chi connectivity index (χ0) is 15.9. The number of aromatic nitrogens is 1. The summed E-state index contributed by atoms with van der Waals surface area (Å²) in [5, 5.41) is 3.22. The second kappa shape index (κ2) is 8.03. The molecule has 1 aromatic heterocycles. The largest absolute Gasteiger partial charge is 0.448 e. The molecule has 1 aliphatic carbocycles. The molecule has 0 bridgehead atoms. The summed E-state index contributed by atoms with van der Waals surface area (Å²) in [5.74, 6) is -0.882. The van der Waals surface area contributed by atoms with Crippen LogP contribution in [0.4, 0.5) is 0 Å². The molecule has 0 aliphatic heterocycles. The third kappa shape index (κ3) is 4.91. The van der Waals surface area contributed by atoms with Crippen molar-refractivity contribution in [3.8, 4) is 0 Å². The van der Waals surface area contributed by atoms with E-state index in [0.29, 0.717) is 11.6 Å². The number of carbonyl (C=O) groups excluding carboxylic acids is 2. The van der Waals surface area contributed by atoms with Crippen LogP contribution in [0.25, 0.3) is 0 Å². The lowest BCUT2D eigenvalue weighted by Crippen LogP contribution is -2.36. The van der Waals surface area contributed by atoms with Gasteiger partial charge in [0.2, 0.25) is 0 Å². The monoisotopic (exact) mass is 324 g/mol. The van der Waals surface area contributed by atoms with Crippen molar-refractivity contribution in [1.82, 2.24) is 10.3 Å². The Morgan fingerprint density at radius 2 is 2.27 bits per heavy atom. The van der Waals surface area contributed by atoms with Crippen molar-refractivity contribution in [2.24, 2.45) is 0 Å². The van der Waals surface area contributed by atoms with Crippen LogP contribution in [0.2, 0.25) is 5.02 Å². The summed E-state index contributed by atoms with van der Waals surface area (Å²) in [6, 6.07) is 1.46. The highest BCUT2D eigenvalue weighted by Crippen LogP contribution is 2.19. The fraction of sp³-hybridized carbons (Fsp3) is 0.500. The van der Waals surface area contributed by atoms with E-state index in [4.69, 9.17) is 16.3 Å². The zero-order valence-electron chi connectivity index (χ0n) is 12.7. The predicted octanol–water partition coefficient (Wildman–Crippen LogP) is 3.22. The Bertz CT molecular complexity index is 565. The van der Waals surface area contributed by atoms with E-state index in [2.05, 4.69) is 16.4 Å². The average molecular weight is 325 g/mol. The van der Waals surface area contributed by atoms with Gasteiger partial charge in [0, 0.05) is 12.7 Å². The van der Waals surface area contributed by atoms with Crippen LogP contribution in [0, 0.1) is 0 Å². The molecule has 5 nitrogen and oxygen atoms in total. The molecule has 120 valence electrons. The van der Waals surface area contributed by atoms with E-state index in [0.717, 1.165) is 19.3 Å². The topological polar surface area (TPSA) is 71.2 Å². The van der Waals surface area contributed by atoms with E-state index >= 15 is 0 Å². The molecular formula is C16H21ClN2O3. The van der Waals surface area contributed by atoms with E-state index in [1.54, 1.807) is 6.92 Å². The maximum atomic E-state index is 11.9. The number of halogens is 1. The van der Waals surface area contributed by atoms with Crippen LogP contribution < -0.4 is 5.32 Å². The first kappa shape index (κ1) is 16.6. The first-order valence-corrected chi connectivity index (χ1v) is 7.94. The van der Waals surface area contributed by atoms with Gasteiger partial charge in [-0.1, -0.05) is 23.3 Å². The van der Waals surface area contributed by atoms with Gasteiger partial charge >= 0.3 is 5.97 Å². The van der Waals surface area contributed by atoms with Crippen LogP contribution in [-0.2, 0) is 9.53 Å². The maximum absolute atomic E-state index is 11.9. The third-order valence-electron chi connectivity index (χ3n) is 3.65. The molecule has 2 rings (SSSR count). The van der Waals surface area contributed by atoms with Gasteiger partial charge < -0.3 is 15.0 Å². The molecule has 0 saturated carbocycles. The lowest BCUT2D eigenvalue weighted by Gasteiger charge is -2.15. The molecule has 1 amide bonds. The van der Waals surface area contributed by atoms with E-state index in [1.807, 2.05) is 0 Å². The number of allylic oxidation sites excluding steroid dienone is 1. The van der Waals surface area contributed by atoms with Gasteiger partial charge in [-0.2, -0.15) is 0 Å². The summed E-state index contributed by atoms with van der Waals surface area (Å²) < 4.78 is 5.10.